The van der Waals surface area contributed by atoms with E-state index in [1.54, 1.807) is 11.8 Å². The van der Waals surface area contributed by atoms with Crippen LogP contribution in [0.4, 0.5) is 5.69 Å². The van der Waals surface area contributed by atoms with Gasteiger partial charge in [0.05, 0.1) is 11.1 Å². The summed E-state index contributed by atoms with van der Waals surface area (Å²) in [7, 11) is 0. The first-order valence-electron chi connectivity index (χ1n) is 6.62. The fourth-order valence-corrected chi connectivity index (χ4v) is 3.87. The molecule has 0 aliphatic heterocycles. The molecule has 0 aliphatic rings. The van der Waals surface area contributed by atoms with Gasteiger partial charge in [0.1, 0.15) is 5.75 Å². The lowest BCUT2D eigenvalue weighted by molar-refractivity contribution is 0.334. The third kappa shape index (κ3) is 4.66. The van der Waals surface area contributed by atoms with Gasteiger partial charge in [-0.3, -0.25) is 0 Å². The zero-order chi connectivity index (χ0) is 15.2. The number of thioether (sulfide) groups is 1. The third-order valence-corrected chi connectivity index (χ3v) is 4.70. The molecule has 0 fully saturated rings. The SMILES string of the molecule is CCOc1c(Br)cc(Br)cc1CNc1cccc(SC)c1. The van der Waals surface area contributed by atoms with Crippen molar-refractivity contribution < 1.29 is 4.74 Å². The Kier molecular flexibility index (Phi) is 6.45. The van der Waals surface area contributed by atoms with Gasteiger partial charge in [0.15, 0.2) is 0 Å². The summed E-state index contributed by atoms with van der Waals surface area (Å²) in [5, 5.41) is 3.45. The molecule has 2 nitrogen and oxygen atoms in total. The standard InChI is InChI=1S/C16H17Br2NOS/c1-3-20-16-11(7-12(17)8-15(16)18)10-19-13-5-4-6-14(9-13)21-2/h4-9,19H,3,10H2,1-2H3. The Morgan fingerprint density at radius 2 is 2.00 bits per heavy atom. The molecular formula is C16H17Br2NOS. The fourth-order valence-electron chi connectivity index (χ4n) is 1.98. The molecule has 0 atom stereocenters. The normalized spacial score (nSPS) is 10.5. The lowest BCUT2D eigenvalue weighted by Gasteiger charge is -2.14. The molecule has 1 N–H and O–H groups in total. The largest absolute Gasteiger partial charge is 0.492 e. The average molecular weight is 431 g/mol. The highest BCUT2D eigenvalue weighted by atomic mass is 79.9. The van der Waals surface area contributed by atoms with Crippen molar-refractivity contribution >= 4 is 49.3 Å². The first kappa shape index (κ1) is 16.7. The lowest BCUT2D eigenvalue weighted by atomic mass is 10.2. The van der Waals surface area contributed by atoms with E-state index >= 15 is 0 Å². The maximum Gasteiger partial charge on any atom is 0.138 e. The molecule has 0 aliphatic carbocycles. The second kappa shape index (κ2) is 8.11. The minimum Gasteiger partial charge on any atom is -0.492 e. The molecule has 0 heterocycles. The Balaban J connectivity index is 2.18. The van der Waals surface area contributed by atoms with Crippen molar-refractivity contribution in [3.05, 3.63) is 50.9 Å². The summed E-state index contributed by atoms with van der Waals surface area (Å²) in [6, 6.07) is 12.5. The van der Waals surface area contributed by atoms with Gasteiger partial charge >= 0.3 is 0 Å². The van der Waals surface area contributed by atoms with E-state index in [4.69, 9.17) is 4.74 Å². The van der Waals surface area contributed by atoms with Crippen molar-refractivity contribution in [2.75, 3.05) is 18.2 Å². The van der Waals surface area contributed by atoms with Crippen LogP contribution in [0.2, 0.25) is 0 Å². The maximum absolute atomic E-state index is 5.74. The van der Waals surface area contributed by atoms with Crippen LogP contribution in [0, 0.1) is 0 Å². The van der Waals surface area contributed by atoms with Gasteiger partial charge in [0.25, 0.3) is 0 Å². The zero-order valence-electron chi connectivity index (χ0n) is 12.0. The van der Waals surface area contributed by atoms with E-state index in [0.717, 1.165) is 25.9 Å². The molecule has 112 valence electrons. The van der Waals surface area contributed by atoms with Crippen molar-refractivity contribution in [1.82, 2.24) is 0 Å². The summed E-state index contributed by atoms with van der Waals surface area (Å²) >= 11 is 8.83. The van der Waals surface area contributed by atoms with Gasteiger partial charge in [0.2, 0.25) is 0 Å². The highest BCUT2D eigenvalue weighted by molar-refractivity contribution is 9.11. The molecule has 0 spiro atoms. The molecular weight excluding hydrogens is 414 g/mol. The predicted octanol–water partition coefficient (Wildman–Crippen LogP) is 5.94. The minimum absolute atomic E-state index is 0.648. The number of rotatable bonds is 6. The van der Waals surface area contributed by atoms with Gasteiger partial charge < -0.3 is 10.1 Å². The number of anilines is 1. The van der Waals surface area contributed by atoms with E-state index in [0.29, 0.717) is 13.2 Å². The molecule has 5 heteroatoms. The highest BCUT2D eigenvalue weighted by Crippen LogP contribution is 2.33. The highest BCUT2D eigenvalue weighted by Gasteiger charge is 2.10. The van der Waals surface area contributed by atoms with Crippen molar-refractivity contribution in [1.29, 1.82) is 0 Å². The Morgan fingerprint density at radius 3 is 2.71 bits per heavy atom. The van der Waals surface area contributed by atoms with Crippen LogP contribution in [0.15, 0.2) is 50.2 Å². The topological polar surface area (TPSA) is 21.3 Å². The Bertz CT molecular complexity index is 619. The van der Waals surface area contributed by atoms with E-state index in [1.807, 2.05) is 13.0 Å². The molecule has 0 aromatic heterocycles. The van der Waals surface area contributed by atoms with Crippen LogP contribution in [0.1, 0.15) is 12.5 Å². The quantitative estimate of drug-likeness (QED) is 0.572. The number of nitrogens with one attached hydrogen (secondary N) is 1. The molecule has 21 heavy (non-hydrogen) atoms. The van der Waals surface area contributed by atoms with Gasteiger partial charge in [-0.2, -0.15) is 0 Å². The van der Waals surface area contributed by atoms with Gasteiger partial charge in [0, 0.05) is 27.2 Å². The van der Waals surface area contributed by atoms with Crippen LogP contribution in [-0.2, 0) is 6.54 Å². The predicted molar refractivity (Wildman–Crippen MR) is 98.6 cm³/mol. The van der Waals surface area contributed by atoms with Crippen LogP contribution in [0.3, 0.4) is 0 Å². The van der Waals surface area contributed by atoms with E-state index in [2.05, 4.69) is 73.8 Å². The number of halogens is 2. The first-order chi connectivity index (χ1) is 10.1. The average Bonchev–Trinajstić information content (AvgIpc) is 2.48. The monoisotopic (exact) mass is 429 g/mol. The summed E-state index contributed by atoms with van der Waals surface area (Å²) in [6.45, 7) is 3.36. The number of hydrogen-bond donors (Lipinski definition) is 1. The molecule has 0 bridgehead atoms. The van der Waals surface area contributed by atoms with E-state index in [1.165, 1.54) is 4.90 Å². The van der Waals surface area contributed by atoms with E-state index in [-0.39, 0.29) is 0 Å². The second-order valence-corrected chi connectivity index (χ2v) is 7.04. The molecule has 0 radical (unpaired) electrons. The molecule has 0 amide bonds. The van der Waals surface area contributed by atoms with Gasteiger partial charge in [-0.15, -0.1) is 11.8 Å². The number of benzene rings is 2. The molecule has 2 aromatic carbocycles. The zero-order valence-corrected chi connectivity index (χ0v) is 15.9. The number of hydrogen-bond acceptors (Lipinski definition) is 3. The summed E-state index contributed by atoms with van der Waals surface area (Å²) in [4.78, 5) is 1.25. The Morgan fingerprint density at radius 1 is 1.19 bits per heavy atom. The van der Waals surface area contributed by atoms with Crippen LogP contribution in [-0.4, -0.2) is 12.9 Å². The van der Waals surface area contributed by atoms with Gasteiger partial charge in [-0.05, 0) is 59.4 Å². The molecule has 0 unspecified atom stereocenters. The Hall–Kier alpha value is -0.650. The summed E-state index contributed by atoms with van der Waals surface area (Å²) < 4.78 is 7.75. The number of ether oxygens (including phenoxy) is 1. The smallest absolute Gasteiger partial charge is 0.138 e. The van der Waals surface area contributed by atoms with E-state index in [9.17, 15) is 0 Å². The van der Waals surface area contributed by atoms with Crippen LogP contribution in [0.5, 0.6) is 5.75 Å². The van der Waals surface area contributed by atoms with Crippen molar-refractivity contribution in [3.63, 3.8) is 0 Å². The fraction of sp³-hybridized carbons (Fsp3) is 0.250. The molecule has 0 saturated heterocycles. The van der Waals surface area contributed by atoms with Crippen molar-refractivity contribution in [2.45, 2.75) is 18.4 Å². The maximum atomic E-state index is 5.74. The van der Waals surface area contributed by atoms with Crippen molar-refractivity contribution in [3.8, 4) is 5.75 Å². The van der Waals surface area contributed by atoms with Crippen LogP contribution >= 0.6 is 43.6 Å². The van der Waals surface area contributed by atoms with E-state index < -0.39 is 0 Å². The van der Waals surface area contributed by atoms with Crippen LogP contribution in [0.25, 0.3) is 0 Å². The van der Waals surface area contributed by atoms with Crippen LogP contribution < -0.4 is 10.1 Å². The third-order valence-electron chi connectivity index (χ3n) is 2.93. The summed E-state index contributed by atoms with van der Waals surface area (Å²) in [5.74, 6) is 0.897. The first-order valence-corrected chi connectivity index (χ1v) is 9.43. The van der Waals surface area contributed by atoms with Crippen molar-refractivity contribution in [2.24, 2.45) is 0 Å². The summed E-state index contributed by atoms with van der Waals surface area (Å²) in [5.41, 5.74) is 2.23. The molecule has 0 saturated carbocycles. The molecule has 2 aromatic rings. The molecule has 2 rings (SSSR count). The lowest BCUT2D eigenvalue weighted by Crippen LogP contribution is -2.04. The second-order valence-electron chi connectivity index (χ2n) is 4.39. The Labute approximate surface area is 146 Å². The van der Waals surface area contributed by atoms with Gasteiger partial charge in [-0.25, -0.2) is 0 Å². The van der Waals surface area contributed by atoms with Gasteiger partial charge in [-0.1, -0.05) is 22.0 Å². The minimum atomic E-state index is 0.648. The summed E-state index contributed by atoms with van der Waals surface area (Å²) in [6.07, 6.45) is 2.08.